The smallest absolute Gasteiger partial charge is 0.309 e. The van der Waals surface area contributed by atoms with Crippen molar-refractivity contribution in [2.75, 3.05) is 7.11 Å². The van der Waals surface area contributed by atoms with E-state index in [1.807, 2.05) is 6.92 Å². The van der Waals surface area contributed by atoms with Gasteiger partial charge in [0, 0.05) is 6.92 Å². The van der Waals surface area contributed by atoms with E-state index >= 15 is 0 Å². The highest BCUT2D eigenvalue weighted by molar-refractivity contribution is 5.71. The minimum absolute atomic E-state index is 0.132. The molecule has 0 spiro atoms. The van der Waals surface area contributed by atoms with Crippen LogP contribution in [0.1, 0.15) is 26.7 Å². The van der Waals surface area contributed by atoms with Crippen LogP contribution in [0.2, 0.25) is 0 Å². The summed E-state index contributed by atoms with van der Waals surface area (Å²) in [5.41, 5.74) is 0. The fourth-order valence-corrected chi connectivity index (χ4v) is 0.773. The molecule has 0 N–H and O–H groups in total. The Morgan fingerprint density at radius 2 is 2.00 bits per heavy atom. The number of carbonyl (C=O) groups excluding carboxylic acids is 2. The van der Waals surface area contributed by atoms with E-state index in [1.165, 1.54) is 14.0 Å². The Morgan fingerprint density at radius 1 is 1.42 bits per heavy atom. The molecule has 1 atom stereocenters. The average molecular weight is 174 g/mol. The Hall–Kier alpha value is -1.06. The minimum Gasteiger partial charge on any atom is -0.469 e. The molecule has 0 aromatic rings. The predicted molar refractivity (Wildman–Crippen MR) is 42.5 cm³/mol. The lowest BCUT2D eigenvalue weighted by Gasteiger charge is -2.12. The van der Waals surface area contributed by atoms with Crippen molar-refractivity contribution in [3.63, 3.8) is 0 Å². The van der Waals surface area contributed by atoms with Gasteiger partial charge < -0.3 is 9.47 Å². The topological polar surface area (TPSA) is 52.6 Å². The number of ether oxygens (including phenoxy) is 2. The molecule has 0 rings (SSSR count). The molecule has 4 nitrogen and oxygen atoms in total. The van der Waals surface area contributed by atoms with Crippen LogP contribution in [-0.4, -0.2) is 25.2 Å². The van der Waals surface area contributed by atoms with Crippen LogP contribution in [0.5, 0.6) is 0 Å². The number of carbonyl (C=O) groups is 2. The molecule has 12 heavy (non-hydrogen) atoms. The van der Waals surface area contributed by atoms with E-state index in [0.29, 0.717) is 6.42 Å². The van der Waals surface area contributed by atoms with Crippen molar-refractivity contribution in [1.82, 2.24) is 0 Å². The standard InChI is InChI=1S/C8H14O4/c1-4-7(12-6(2)9)5-8(10)11-3/h7H,4-5H2,1-3H3. The molecular weight excluding hydrogens is 160 g/mol. The highest BCUT2D eigenvalue weighted by atomic mass is 16.6. The van der Waals surface area contributed by atoms with E-state index in [4.69, 9.17) is 4.74 Å². The van der Waals surface area contributed by atoms with Crippen LogP contribution in [0.15, 0.2) is 0 Å². The molecule has 1 unspecified atom stereocenters. The summed E-state index contributed by atoms with van der Waals surface area (Å²) in [4.78, 5) is 21.3. The van der Waals surface area contributed by atoms with Gasteiger partial charge in [0.25, 0.3) is 0 Å². The van der Waals surface area contributed by atoms with Gasteiger partial charge in [0.05, 0.1) is 13.5 Å². The summed E-state index contributed by atoms with van der Waals surface area (Å²) in [5, 5.41) is 0. The molecule has 0 fully saturated rings. The van der Waals surface area contributed by atoms with Crippen LogP contribution in [0.25, 0.3) is 0 Å². The van der Waals surface area contributed by atoms with Crippen LogP contribution in [0.4, 0.5) is 0 Å². The average Bonchev–Trinajstić information content (AvgIpc) is 2.02. The summed E-state index contributed by atoms with van der Waals surface area (Å²) in [6.45, 7) is 3.16. The van der Waals surface area contributed by atoms with Crippen LogP contribution in [0.3, 0.4) is 0 Å². The first-order chi connectivity index (χ1) is 5.60. The van der Waals surface area contributed by atoms with Gasteiger partial charge in [-0.05, 0) is 6.42 Å². The number of methoxy groups -OCH3 is 1. The van der Waals surface area contributed by atoms with Crippen molar-refractivity contribution >= 4 is 11.9 Å². The van der Waals surface area contributed by atoms with Gasteiger partial charge in [-0.25, -0.2) is 0 Å². The first kappa shape index (κ1) is 10.9. The molecule has 0 saturated carbocycles. The Bertz CT molecular complexity index is 164. The van der Waals surface area contributed by atoms with E-state index in [2.05, 4.69) is 4.74 Å². The number of hydrogen-bond acceptors (Lipinski definition) is 4. The quantitative estimate of drug-likeness (QED) is 0.594. The maximum atomic E-state index is 10.7. The van der Waals surface area contributed by atoms with Crippen molar-refractivity contribution in [1.29, 1.82) is 0 Å². The number of rotatable bonds is 4. The molecule has 4 heteroatoms. The van der Waals surface area contributed by atoms with Crippen molar-refractivity contribution in [2.45, 2.75) is 32.8 Å². The van der Waals surface area contributed by atoms with E-state index in [1.54, 1.807) is 0 Å². The maximum Gasteiger partial charge on any atom is 0.309 e. The zero-order valence-electron chi connectivity index (χ0n) is 7.62. The van der Waals surface area contributed by atoms with Gasteiger partial charge in [-0.1, -0.05) is 6.92 Å². The van der Waals surface area contributed by atoms with E-state index in [9.17, 15) is 9.59 Å². The van der Waals surface area contributed by atoms with E-state index in [0.717, 1.165) is 0 Å². The summed E-state index contributed by atoms with van der Waals surface area (Å²) < 4.78 is 9.27. The fraction of sp³-hybridized carbons (Fsp3) is 0.750. The van der Waals surface area contributed by atoms with Crippen molar-refractivity contribution < 1.29 is 19.1 Å². The van der Waals surface area contributed by atoms with Crippen molar-refractivity contribution in [3.8, 4) is 0 Å². The van der Waals surface area contributed by atoms with Gasteiger partial charge in [0.2, 0.25) is 0 Å². The third-order valence-electron chi connectivity index (χ3n) is 1.41. The minimum atomic E-state index is -0.370. The molecule has 0 radical (unpaired) electrons. The number of esters is 2. The predicted octanol–water partition coefficient (Wildman–Crippen LogP) is 0.891. The summed E-state index contributed by atoms with van der Waals surface area (Å²) in [7, 11) is 1.31. The van der Waals surface area contributed by atoms with Crippen molar-refractivity contribution in [3.05, 3.63) is 0 Å². The second kappa shape index (κ2) is 5.57. The zero-order valence-corrected chi connectivity index (χ0v) is 7.62. The molecule has 0 saturated heterocycles. The lowest BCUT2D eigenvalue weighted by atomic mass is 10.2. The maximum absolute atomic E-state index is 10.7. The van der Waals surface area contributed by atoms with E-state index in [-0.39, 0.29) is 24.5 Å². The summed E-state index contributed by atoms with van der Waals surface area (Å²) in [5.74, 6) is -0.728. The Morgan fingerprint density at radius 3 is 2.33 bits per heavy atom. The number of hydrogen-bond donors (Lipinski definition) is 0. The molecule has 0 amide bonds. The van der Waals surface area contributed by atoms with Crippen LogP contribution in [0, 0.1) is 0 Å². The van der Waals surface area contributed by atoms with Gasteiger partial charge >= 0.3 is 11.9 Å². The second-order valence-electron chi connectivity index (χ2n) is 2.42. The molecule has 0 aliphatic carbocycles. The molecule has 0 heterocycles. The molecule has 0 aliphatic heterocycles. The molecular formula is C8H14O4. The van der Waals surface area contributed by atoms with Crippen molar-refractivity contribution in [2.24, 2.45) is 0 Å². The van der Waals surface area contributed by atoms with Gasteiger partial charge in [0.15, 0.2) is 0 Å². The van der Waals surface area contributed by atoms with Gasteiger partial charge in [-0.2, -0.15) is 0 Å². The first-order valence-corrected chi connectivity index (χ1v) is 3.84. The molecule has 70 valence electrons. The largest absolute Gasteiger partial charge is 0.469 e. The van der Waals surface area contributed by atoms with Gasteiger partial charge in [0.1, 0.15) is 6.10 Å². The third kappa shape index (κ3) is 4.71. The SMILES string of the molecule is CCC(CC(=O)OC)OC(C)=O. The van der Waals surface area contributed by atoms with Crippen LogP contribution in [-0.2, 0) is 19.1 Å². The lowest BCUT2D eigenvalue weighted by Crippen LogP contribution is -2.20. The normalized spacial score (nSPS) is 11.9. The summed E-state index contributed by atoms with van der Waals surface area (Å²) in [6, 6.07) is 0. The van der Waals surface area contributed by atoms with Crippen LogP contribution >= 0.6 is 0 Å². The molecule has 0 aromatic heterocycles. The van der Waals surface area contributed by atoms with Crippen LogP contribution < -0.4 is 0 Å². The monoisotopic (exact) mass is 174 g/mol. The van der Waals surface area contributed by atoms with Gasteiger partial charge in [-0.3, -0.25) is 9.59 Å². The lowest BCUT2D eigenvalue weighted by molar-refractivity contribution is -0.152. The zero-order chi connectivity index (χ0) is 9.56. The molecule has 0 bridgehead atoms. The Balaban J connectivity index is 3.82. The second-order valence-corrected chi connectivity index (χ2v) is 2.42. The Labute approximate surface area is 71.8 Å². The highest BCUT2D eigenvalue weighted by Crippen LogP contribution is 2.04. The molecule has 0 aliphatic rings. The Kier molecular flexibility index (Phi) is 5.08. The highest BCUT2D eigenvalue weighted by Gasteiger charge is 2.14. The third-order valence-corrected chi connectivity index (χ3v) is 1.41. The summed E-state index contributed by atoms with van der Waals surface area (Å²) >= 11 is 0. The van der Waals surface area contributed by atoms with E-state index < -0.39 is 0 Å². The molecule has 0 aromatic carbocycles. The fourth-order valence-electron chi connectivity index (χ4n) is 0.773. The van der Waals surface area contributed by atoms with Gasteiger partial charge in [-0.15, -0.1) is 0 Å². The first-order valence-electron chi connectivity index (χ1n) is 3.84. The summed E-state index contributed by atoms with van der Waals surface area (Å²) in [6.07, 6.45) is 0.399.